The zero-order valence-electron chi connectivity index (χ0n) is 7.53. The second-order valence-corrected chi connectivity index (χ2v) is 3.33. The van der Waals surface area contributed by atoms with Gasteiger partial charge in [0.1, 0.15) is 5.75 Å². The SMILES string of the molecule is COc1ccsc1CNC(=O)NC#N. The first kappa shape index (κ1) is 10.3. The normalized spacial score (nSPS) is 8.86. The smallest absolute Gasteiger partial charge is 0.328 e. The van der Waals surface area contributed by atoms with Crippen LogP contribution < -0.4 is 15.4 Å². The molecule has 0 unspecified atom stereocenters. The number of rotatable bonds is 3. The van der Waals surface area contributed by atoms with E-state index in [9.17, 15) is 4.79 Å². The molecule has 0 radical (unpaired) electrons. The largest absolute Gasteiger partial charge is 0.496 e. The molecule has 6 heteroatoms. The summed E-state index contributed by atoms with van der Waals surface area (Å²) in [6, 6.07) is 1.31. The van der Waals surface area contributed by atoms with E-state index in [-0.39, 0.29) is 0 Å². The summed E-state index contributed by atoms with van der Waals surface area (Å²) in [5.41, 5.74) is 0. The van der Waals surface area contributed by atoms with Crippen LogP contribution in [0.5, 0.6) is 5.75 Å². The van der Waals surface area contributed by atoms with Crippen LogP contribution in [-0.2, 0) is 6.54 Å². The number of thiophene rings is 1. The van der Waals surface area contributed by atoms with Crippen molar-refractivity contribution >= 4 is 17.4 Å². The van der Waals surface area contributed by atoms with Crippen LogP contribution in [0.1, 0.15) is 4.88 Å². The molecule has 0 saturated carbocycles. The first-order chi connectivity index (χ1) is 6.77. The van der Waals surface area contributed by atoms with Crippen LogP contribution in [0.3, 0.4) is 0 Å². The lowest BCUT2D eigenvalue weighted by molar-refractivity contribution is 0.244. The summed E-state index contributed by atoms with van der Waals surface area (Å²) in [5, 5.41) is 14.5. The van der Waals surface area contributed by atoms with E-state index in [2.05, 4.69) is 5.32 Å². The van der Waals surface area contributed by atoms with E-state index in [0.29, 0.717) is 6.54 Å². The summed E-state index contributed by atoms with van der Waals surface area (Å²) in [6.07, 6.45) is 1.54. The number of urea groups is 1. The molecular formula is C8H9N3O2S. The molecule has 0 aliphatic carbocycles. The highest BCUT2D eigenvalue weighted by Gasteiger charge is 2.05. The molecule has 1 rings (SSSR count). The van der Waals surface area contributed by atoms with E-state index < -0.39 is 6.03 Å². The van der Waals surface area contributed by atoms with Gasteiger partial charge in [0.05, 0.1) is 18.5 Å². The molecule has 74 valence electrons. The van der Waals surface area contributed by atoms with Crippen LogP contribution in [0.4, 0.5) is 4.79 Å². The molecule has 1 aromatic rings. The van der Waals surface area contributed by atoms with Crippen LogP contribution in [0.25, 0.3) is 0 Å². The molecule has 1 aromatic heterocycles. The minimum atomic E-state index is -0.511. The third-order valence-electron chi connectivity index (χ3n) is 1.50. The first-order valence-electron chi connectivity index (χ1n) is 3.81. The fourth-order valence-corrected chi connectivity index (χ4v) is 1.67. The van der Waals surface area contributed by atoms with E-state index in [0.717, 1.165) is 10.6 Å². The Bertz CT molecular complexity index is 356. The molecule has 14 heavy (non-hydrogen) atoms. The van der Waals surface area contributed by atoms with Gasteiger partial charge in [-0.2, -0.15) is 5.26 Å². The van der Waals surface area contributed by atoms with Crippen LogP contribution in [0.2, 0.25) is 0 Å². The van der Waals surface area contributed by atoms with E-state index in [1.807, 2.05) is 16.8 Å². The van der Waals surface area contributed by atoms with Gasteiger partial charge in [0.15, 0.2) is 6.19 Å². The van der Waals surface area contributed by atoms with Crippen molar-refractivity contribution < 1.29 is 9.53 Å². The zero-order chi connectivity index (χ0) is 10.4. The number of hydrogen-bond acceptors (Lipinski definition) is 4. The minimum absolute atomic E-state index is 0.356. The van der Waals surface area contributed by atoms with Crippen LogP contribution in [0, 0.1) is 11.5 Å². The van der Waals surface area contributed by atoms with Crippen molar-refractivity contribution in [3.63, 3.8) is 0 Å². The van der Waals surface area contributed by atoms with Gasteiger partial charge in [-0.15, -0.1) is 11.3 Å². The highest BCUT2D eigenvalue weighted by molar-refractivity contribution is 7.10. The third kappa shape index (κ3) is 2.64. The minimum Gasteiger partial charge on any atom is -0.496 e. The van der Waals surface area contributed by atoms with E-state index >= 15 is 0 Å². The number of nitrogens with zero attached hydrogens (tertiary/aromatic N) is 1. The molecular weight excluding hydrogens is 202 g/mol. The molecule has 1 heterocycles. The molecule has 2 amide bonds. The van der Waals surface area contributed by atoms with Crippen molar-refractivity contribution in [2.75, 3.05) is 7.11 Å². The second kappa shape index (κ2) is 5.09. The molecule has 0 bridgehead atoms. The fraction of sp³-hybridized carbons (Fsp3) is 0.250. The number of nitriles is 1. The maximum atomic E-state index is 10.9. The quantitative estimate of drug-likeness (QED) is 0.579. The van der Waals surface area contributed by atoms with Gasteiger partial charge in [-0.1, -0.05) is 0 Å². The lowest BCUT2D eigenvalue weighted by atomic mass is 10.4. The summed E-state index contributed by atoms with van der Waals surface area (Å²) in [5.74, 6) is 0.743. The van der Waals surface area contributed by atoms with Crippen molar-refractivity contribution in [2.24, 2.45) is 0 Å². The average molecular weight is 211 g/mol. The Morgan fingerprint density at radius 3 is 3.21 bits per heavy atom. The summed E-state index contributed by atoms with van der Waals surface area (Å²) in [6.45, 7) is 0.356. The molecule has 5 nitrogen and oxygen atoms in total. The zero-order valence-corrected chi connectivity index (χ0v) is 8.35. The van der Waals surface area contributed by atoms with Gasteiger partial charge in [0, 0.05) is 0 Å². The highest BCUT2D eigenvalue weighted by Crippen LogP contribution is 2.23. The predicted octanol–water partition coefficient (Wildman–Crippen LogP) is 1.04. The predicted molar refractivity (Wildman–Crippen MR) is 51.9 cm³/mol. The molecule has 0 aliphatic heterocycles. The number of carbonyl (C=O) groups excluding carboxylic acids is 1. The van der Waals surface area contributed by atoms with Crippen LogP contribution >= 0.6 is 11.3 Å². The van der Waals surface area contributed by atoms with Crippen molar-refractivity contribution in [1.82, 2.24) is 10.6 Å². The molecule has 0 spiro atoms. The van der Waals surface area contributed by atoms with Gasteiger partial charge >= 0.3 is 6.03 Å². The number of hydrogen-bond donors (Lipinski definition) is 2. The van der Waals surface area contributed by atoms with Gasteiger partial charge in [-0.3, -0.25) is 0 Å². The van der Waals surface area contributed by atoms with Crippen LogP contribution in [0.15, 0.2) is 11.4 Å². The van der Waals surface area contributed by atoms with Gasteiger partial charge < -0.3 is 10.1 Å². The lowest BCUT2D eigenvalue weighted by Crippen LogP contribution is -2.31. The average Bonchev–Trinajstić information content (AvgIpc) is 2.62. The van der Waals surface area contributed by atoms with E-state index in [1.54, 1.807) is 7.11 Å². The van der Waals surface area contributed by atoms with Crippen LogP contribution in [-0.4, -0.2) is 13.1 Å². The molecule has 0 aliphatic rings. The number of amides is 2. The second-order valence-electron chi connectivity index (χ2n) is 2.33. The van der Waals surface area contributed by atoms with E-state index in [4.69, 9.17) is 10.00 Å². The number of methoxy groups -OCH3 is 1. The molecule has 0 aromatic carbocycles. The monoisotopic (exact) mass is 211 g/mol. The third-order valence-corrected chi connectivity index (χ3v) is 2.41. The number of carbonyl (C=O) groups is 1. The lowest BCUT2D eigenvalue weighted by Gasteiger charge is -2.03. The topological polar surface area (TPSA) is 74.2 Å². The van der Waals surface area contributed by atoms with Crippen molar-refractivity contribution in [2.45, 2.75) is 6.54 Å². The van der Waals surface area contributed by atoms with Gasteiger partial charge in [0.2, 0.25) is 0 Å². The molecule has 0 atom stereocenters. The maximum Gasteiger partial charge on any atom is 0.328 e. The van der Waals surface area contributed by atoms with Gasteiger partial charge in [-0.05, 0) is 11.4 Å². The van der Waals surface area contributed by atoms with Gasteiger partial charge in [0.25, 0.3) is 0 Å². The standard InChI is InChI=1S/C8H9N3O2S/c1-13-6-2-3-14-7(6)4-10-8(12)11-5-9/h2-3H,4H2,1H3,(H2,10,11,12). The maximum absolute atomic E-state index is 10.9. The summed E-state index contributed by atoms with van der Waals surface area (Å²) >= 11 is 1.48. The van der Waals surface area contributed by atoms with Crippen molar-refractivity contribution in [3.8, 4) is 11.9 Å². The number of nitrogens with one attached hydrogen (secondary N) is 2. The summed E-state index contributed by atoms with van der Waals surface area (Å²) < 4.78 is 5.05. The fourth-order valence-electron chi connectivity index (χ4n) is 0.895. The van der Waals surface area contributed by atoms with Gasteiger partial charge in [-0.25, -0.2) is 10.1 Å². The Morgan fingerprint density at radius 2 is 2.57 bits per heavy atom. The van der Waals surface area contributed by atoms with Crippen molar-refractivity contribution in [1.29, 1.82) is 5.26 Å². The first-order valence-corrected chi connectivity index (χ1v) is 4.69. The number of ether oxygens (including phenoxy) is 1. The Kier molecular flexibility index (Phi) is 3.76. The molecule has 2 N–H and O–H groups in total. The highest BCUT2D eigenvalue weighted by atomic mass is 32.1. The summed E-state index contributed by atoms with van der Waals surface area (Å²) in [7, 11) is 1.57. The molecule has 0 fully saturated rings. The van der Waals surface area contributed by atoms with Crippen molar-refractivity contribution in [3.05, 3.63) is 16.3 Å². The Morgan fingerprint density at radius 1 is 1.79 bits per heavy atom. The Hall–Kier alpha value is -1.74. The Balaban J connectivity index is 2.46. The molecule has 0 saturated heterocycles. The Labute approximate surface area is 85.3 Å². The van der Waals surface area contributed by atoms with E-state index in [1.165, 1.54) is 17.5 Å². The summed E-state index contributed by atoms with van der Waals surface area (Å²) in [4.78, 5) is 11.8.